The van der Waals surface area contributed by atoms with Crippen LogP contribution < -0.4 is 15.5 Å². The Hall–Kier alpha value is -3.07. The smallest absolute Gasteiger partial charge is 0.231 e. The van der Waals surface area contributed by atoms with Gasteiger partial charge in [-0.25, -0.2) is 0 Å². The molecule has 57 heavy (non-hydrogen) atoms. The molecule has 14 nitrogen and oxygen atoms in total. The number of nitrogens with zero attached hydrogens (tertiary/aromatic N) is 6. The molecule has 0 aliphatic heterocycles. The van der Waals surface area contributed by atoms with Gasteiger partial charge in [-0.2, -0.15) is 15.0 Å². The Balaban J connectivity index is 1.23. The summed E-state index contributed by atoms with van der Waals surface area (Å²) in [6.45, 7) is 3.27. The van der Waals surface area contributed by atoms with Gasteiger partial charge in [-0.15, -0.1) is 0 Å². The van der Waals surface area contributed by atoms with Gasteiger partial charge in [0.15, 0.2) is 0 Å². The second kappa shape index (κ2) is 18.5. The molecule has 0 saturated heterocycles. The average Bonchev–Trinajstić information content (AvgIpc) is 3.20. The summed E-state index contributed by atoms with van der Waals surface area (Å²) in [5.41, 5.74) is 0. The molecule has 1 heterocycles. The molecule has 0 amide bonds. The van der Waals surface area contributed by atoms with E-state index in [1.807, 2.05) is 0 Å². The van der Waals surface area contributed by atoms with Crippen molar-refractivity contribution >= 4 is 41.0 Å². The number of nitrogens with one attached hydrogen (secondary N) is 2. The molecule has 7 rings (SSSR count). The van der Waals surface area contributed by atoms with E-state index in [4.69, 9.17) is 24.4 Å². The summed E-state index contributed by atoms with van der Waals surface area (Å²) in [6, 6.07) is -0.691. The Morgan fingerprint density at radius 3 is 1.23 bits per heavy atom. The van der Waals surface area contributed by atoms with Crippen molar-refractivity contribution in [3.63, 3.8) is 0 Å². The zero-order valence-electron chi connectivity index (χ0n) is 35.3. The molecular weight excluding hydrogens is 725 g/mol. The van der Waals surface area contributed by atoms with Crippen LogP contribution in [0.4, 0.5) is 17.8 Å². The molecule has 0 aromatic carbocycles. The van der Waals surface area contributed by atoms with Gasteiger partial charge in [0.05, 0.1) is 35.9 Å². The molecule has 12 unspecified atom stereocenters. The Bertz CT molecular complexity index is 1500. The van der Waals surface area contributed by atoms with Gasteiger partial charge in [-0.05, 0) is 105 Å². The molecule has 6 aliphatic rings. The molecule has 1 aromatic heterocycles. The van der Waals surface area contributed by atoms with Crippen molar-refractivity contribution in [1.29, 1.82) is 0 Å². The molecule has 6 fully saturated rings. The van der Waals surface area contributed by atoms with Gasteiger partial charge in [0.2, 0.25) is 17.8 Å². The number of ether oxygens (including phenoxy) is 2. The number of methoxy groups -OCH3 is 2. The Morgan fingerprint density at radius 2 is 0.877 bits per heavy atom. The number of ketones is 4. The minimum atomic E-state index is -0.525. The van der Waals surface area contributed by atoms with Gasteiger partial charge in [0.1, 0.15) is 23.1 Å². The Morgan fingerprint density at radius 1 is 0.509 bits per heavy atom. The van der Waals surface area contributed by atoms with E-state index < -0.39 is 23.7 Å². The van der Waals surface area contributed by atoms with Gasteiger partial charge in [0.25, 0.3) is 0 Å². The lowest BCUT2D eigenvalue weighted by atomic mass is 9.56. The lowest BCUT2D eigenvalue weighted by Crippen LogP contribution is -2.60. The maximum absolute atomic E-state index is 14.4. The van der Waals surface area contributed by atoms with Crippen molar-refractivity contribution in [3.05, 3.63) is 0 Å². The third kappa shape index (κ3) is 8.80. The van der Waals surface area contributed by atoms with Crippen LogP contribution >= 0.6 is 0 Å². The van der Waals surface area contributed by atoms with Crippen LogP contribution in [0, 0.1) is 47.3 Å². The second-order valence-electron chi connectivity index (χ2n) is 18.5. The first-order valence-electron chi connectivity index (χ1n) is 22.0. The number of rotatable bonds is 15. The standard InChI is InChI=1S/C43H68N8O6/c1-49(2)21-11-23-51(24-12-22-50(3)4)43-47-41(44-29-17-19-31(56-5)35-33(29)37(52)25-13-7-9-15-27(25)39(35)54)46-42(48-43)45-30-18-20-32(57-6)36-34(30)38(53)26-14-8-10-16-28(26)40(36)55/h25-36H,7-24H2,1-6H3,(H2,44,45,46,47,48). The molecule has 2 N–H and O–H groups in total. The van der Waals surface area contributed by atoms with Gasteiger partial charge in [-0.3, -0.25) is 19.2 Å². The van der Waals surface area contributed by atoms with Crippen molar-refractivity contribution in [1.82, 2.24) is 24.8 Å². The maximum Gasteiger partial charge on any atom is 0.231 e. The fourth-order valence-electron chi connectivity index (χ4n) is 11.7. The summed E-state index contributed by atoms with van der Waals surface area (Å²) < 4.78 is 11.8. The largest absolute Gasteiger partial charge is 0.381 e. The highest BCUT2D eigenvalue weighted by atomic mass is 16.5. The molecule has 1 aromatic rings. The average molecular weight is 793 g/mol. The van der Waals surface area contributed by atoms with Gasteiger partial charge in [0, 0.05) is 63.1 Å². The van der Waals surface area contributed by atoms with Crippen molar-refractivity contribution in [2.75, 3.05) is 84.1 Å². The van der Waals surface area contributed by atoms with Gasteiger partial charge >= 0.3 is 0 Å². The first-order chi connectivity index (χ1) is 27.5. The molecule has 6 saturated carbocycles. The van der Waals surface area contributed by atoms with Crippen LogP contribution in [0.2, 0.25) is 0 Å². The van der Waals surface area contributed by atoms with E-state index >= 15 is 0 Å². The lowest BCUT2D eigenvalue weighted by molar-refractivity contribution is -0.158. The molecule has 0 spiro atoms. The predicted octanol–water partition coefficient (Wildman–Crippen LogP) is 4.14. The number of fused-ring (bicyclic) bond motifs is 4. The number of anilines is 3. The highest BCUT2D eigenvalue weighted by Crippen LogP contribution is 2.49. The summed E-state index contributed by atoms with van der Waals surface area (Å²) in [5, 5.41) is 7.21. The number of hydrogen-bond donors (Lipinski definition) is 2. The SMILES string of the molecule is COC1CCC(Nc2nc(NC3CCC(OC)C4C(=O)C5CCCCC5C(=O)C34)nc(N(CCCN(C)C)CCCN(C)C)n2)C2C(=O)C3CCCCC3C(=O)C12. The van der Waals surface area contributed by atoms with Crippen molar-refractivity contribution in [2.24, 2.45) is 47.3 Å². The van der Waals surface area contributed by atoms with E-state index in [2.05, 4.69) is 53.5 Å². The zero-order valence-corrected chi connectivity index (χ0v) is 35.3. The van der Waals surface area contributed by atoms with Crippen LogP contribution in [0.5, 0.6) is 0 Å². The Kier molecular flexibility index (Phi) is 13.6. The fraction of sp³-hybridized carbons (Fsp3) is 0.837. The van der Waals surface area contributed by atoms with Crippen LogP contribution in [0.1, 0.15) is 89.9 Å². The van der Waals surface area contributed by atoms with E-state index in [-0.39, 0.29) is 71.1 Å². The first-order valence-corrected chi connectivity index (χ1v) is 22.0. The third-order valence-electron chi connectivity index (χ3n) is 14.5. The van der Waals surface area contributed by atoms with E-state index in [9.17, 15) is 19.2 Å². The number of carbonyl (C=O) groups excluding carboxylic acids is 4. The quantitative estimate of drug-likeness (QED) is 0.261. The normalized spacial score (nSPS) is 35.4. The van der Waals surface area contributed by atoms with Crippen LogP contribution in [0.25, 0.3) is 0 Å². The molecule has 14 heteroatoms. The van der Waals surface area contributed by atoms with Crippen molar-refractivity contribution in [2.45, 2.75) is 114 Å². The monoisotopic (exact) mass is 793 g/mol. The number of aromatic nitrogens is 3. The molecule has 6 aliphatic carbocycles. The molecule has 0 bridgehead atoms. The minimum Gasteiger partial charge on any atom is -0.381 e. The number of carbonyl (C=O) groups is 4. The lowest BCUT2D eigenvalue weighted by Gasteiger charge is -2.49. The first kappa shape index (κ1) is 42.1. The summed E-state index contributed by atoms with van der Waals surface area (Å²) in [7, 11) is 11.6. The van der Waals surface area contributed by atoms with E-state index in [1.165, 1.54) is 0 Å². The molecule has 316 valence electrons. The van der Waals surface area contributed by atoms with E-state index in [0.717, 1.165) is 90.4 Å². The van der Waals surface area contributed by atoms with Crippen LogP contribution in [-0.2, 0) is 28.7 Å². The summed E-state index contributed by atoms with van der Waals surface area (Å²) in [5.74, 6) is -1.01. The highest BCUT2D eigenvalue weighted by Gasteiger charge is 2.58. The predicted molar refractivity (Wildman–Crippen MR) is 218 cm³/mol. The van der Waals surface area contributed by atoms with Crippen molar-refractivity contribution in [3.8, 4) is 0 Å². The summed E-state index contributed by atoms with van der Waals surface area (Å²) >= 11 is 0. The Labute approximate surface area is 339 Å². The number of hydrogen-bond acceptors (Lipinski definition) is 14. The third-order valence-corrected chi connectivity index (χ3v) is 14.5. The molecule has 0 radical (unpaired) electrons. The summed E-state index contributed by atoms with van der Waals surface area (Å²) in [4.78, 5) is 78.7. The van der Waals surface area contributed by atoms with Gasteiger partial charge in [-0.1, -0.05) is 25.7 Å². The highest BCUT2D eigenvalue weighted by molar-refractivity contribution is 6.01. The minimum absolute atomic E-state index is 0.174. The molecule has 12 atom stereocenters. The second-order valence-corrected chi connectivity index (χ2v) is 18.5. The fourth-order valence-corrected chi connectivity index (χ4v) is 11.7. The topological polar surface area (TPSA) is 159 Å². The molecular formula is C43H68N8O6. The van der Waals surface area contributed by atoms with E-state index in [0.29, 0.717) is 43.5 Å². The maximum atomic E-state index is 14.4. The number of Topliss-reactive ketones (excluding diaryl/α,β-unsaturated/α-hetero) is 4. The van der Waals surface area contributed by atoms with Crippen molar-refractivity contribution < 1.29 is 28.7 Å². The summed E-state index contributed by atoms with van der Waals surface area (Å²) in [6.07, 6.45) is 10.8. The van der Waals surface area contributed by atoms with Crippen LogP contribution in [0.3, 0.4) is 0 Å². The van der Waals surface area contributed by atoms with Crippen LogP contribution in [-0.4, -0.2) is 141 Å². The zero-order chi connectivity index (χ0) is 40.4. The van der Waals surface area contributed by atoms with E-state index in [1.54, 1.807) is 14.2 Å². The van der Waals surface area contributed by atoms with Crippen LogP contribution in [0.15, 0.2) is 0 Å². The van der Waals surface area contributed by atoms with Gasteiger partial charge < -0.3 is 34.8 Å².